The molecular weight excluding hydrogens is 517 g/mol. The molecule has 216 valence electrons. The normalized spacial score (nSPS) is 14.7. The summed E-state index contributed by atoms with van der Waals surface area (Å²) in [6, 6.07) is 2.19. The van der Waals surface area contributed by atoms with Crippen molar-refractivity contribution < 1.29 is 22.2 Å². The average molecular weight is 579 g/mol. The second-order valence-electron chi connectivity index (χ2n) is 12.7. The van der Waals surface area contributed by atoms with Crippen LogP contribution in [0.25, 0.3) is 0 Å². The van der Waals surface area contributed by atoms with Crippen LogP contribution in [-0.2, 0) is 17.1 Å². The highest BCUT2D eigenvalue weighted by Crippen LogP contribution is 2.30. The van der Waals surface area contributed by atoms with E-state index < -0.39 is 39.7 Å². The van der Waals surface area contributed by atoms with Gasteiger partial charge in [0.1, 0.15) is 0 Å². The smallest absolute Gasteiger partial charge is 0.327 e. The van der Waals surface area contributed by atoms with Crippen molar-refractivity contribution in [2.45, 2.75) is 168 Å². The Balaban J connectivity index is 4.85. The zero-order valence-electron chi connectivity index (χ0n) is 25.6. The van der Waals surface area contributed by atoms with Crippen LogP contribution in [0, 0.1) is 0 Å². The number of carboxylic acid groups (broad SMARTS) is 1. The van der Waals surface area contributed by atoms with Gasteiger partial charge < -0.3 is 17.5 Å². The molecule has 0 saturated carbocycles. The number of hydrogen-bond acceptors (Lipinski definition) is 4. The van der Waals surface area contributed by atoms with Crippen molar-refractivity contribution in [2.24, 2.45) is 0 Å². The quantitative estimate of drug-likeness (QED) is 0.0912. The van der Waals surface area contributed by atoms with Crippen LogP contribution in [0.5, 0.6) is 0 Å². The van der Waals surface area contributed by atoms with Crippen molar-refractivity contribution >= 4 is 39.7 Å². The van der Waals surface area contributed by atoms with E-state index in [1.807, 2.05) is 6.55 Å². The first kappa shape index (κ1) is 36.2. The van der Waals surface area contributed by atoms with Gasteiger partial charge in [-0.2, -0.15) is 0 Å². The van der Waals surface area contributed by atoms with Gasteiger partial charge in [-0.05, 0) is 57.9 Å². The highest BCUT2D eigenvalue weighted by atomic mass is 28.5. The molecule has 0 aromatic heterocycles. The summed E-state index contributed by atoms with van der Waals surface area (Å²) in [4.78, 5) is 11.8. The van der Waals surface area contributed by atoms with E-state index >= 15 is 0 Å². The van der Waals surface area contributed by atoms with Crippen molar-refractivity contribution in [3.05, 3.63) is 0 Å². The zero-order chi connectivity index (χ0) is 27.7. The maximum absolute atomic E-state index is 11.8. The minimum atomic E-state index is -2.90. The molecule has 1 atom stereocenters. The van der Waals surface area contributed by atoms with Gasteiger partial charge in [0.25, 0.3) is 0 Å². The number of rotatable bonds is 24. The Labute approximate surface area is 229 Å². The molecule has 0 spiro atoms. The topological polar surface area (TPSA) is 65.0 Å². The van der Waals surface area contributed by atoms with Gasteiger partial charge in [-0.25, -0.2) is 0 Å². The lowest BCUT2D eigenvalue weighted by Crippen LogP contribution is -2.58. The summed E-state index contributed by atoms with van der Waals surface area (Å²) in [7, 11) is -9.34. The molecule has 0 amide bonds. The summed E-state index contributed by atoms with van der Waals surface area (Å²) >= 11 is 0. The van der Waals surface area contributed by atoms with Gasteiger partial charge in [0.2, 0.25) is 0 Å². The maximum atomic E-state index is 11.8. The Bertz CT molecular complexity index is 587. The van der Waals surface area contributed by atoms with Gasteiger partial charge in [-0.15, -0.1) is 0 Å². The van der Waals surface area contributed by atoms with E-state index in [9.17, 15) is 9.90 Å². The Hall–Kier alpha value is 0.218. The molecule has 1 unspecified atom stereocenters. The fraction of sp³-hybridized carbons (Fsp3) is 0.963. The largest absolute Gasteiger partial charge is 0.481 e. The lowest BCUT2D eigenvalue weighted by molar-refractivity contribution is -0.134. The molecule has 9 heteroatoms. The molecule has 5 nitrogen and oxygen atoms in total. The molecule has 1 N–H and O–H groups in total. The molecule has 36 heavy (non-hydrogen) atoms. The van der Waals surface area contributed by atoms with E-state index in [1.165, 1.54) is 89.9 Å². The Morgan fingerprint density at radius 3 is 1.31 bits per heavy atom. The molecule has 0 fully saturated rings. The first-order valence-electron chi connectivity index (χ1n) is 15.0. The highest BCUT2D eigenvalue weighted by molar-refractivity contribution is 6.90. The number of aliphatic carboxylic acids is 1. The van der Waals surface area contributed by atoms with Gasteiger partial charge in [0.05, 0.1) is 6.04 Å². The van der Waals surface area contributed by atoms with E-state index in [4.69, 9.17) is 12.3 Å². The SMILES string of the molecule is CCCCCCCCC[Si](C)(C)O[Si](C)(C)O[Si](C)(CC(=O)O)O[Si](C)(C)CCCCCCCCC. The van der Waals surface area contributed by atoms with Crippen molar-refractivity contribution in [3.8, 4) is 0 Å². The molecule has 0 aromatic rings. The molecule has 0 aliphatic rings. The number of carbonyl (C=O) groups is 1. The average Bonchev–Trinajstić information content (AvgIpc) is 2.69. The fourth-order valence-electron chi connectivity index (χ4n) is 5.28. The number of unbranched alkanes of at least 4 members (excludes halogenated alkanes) is 12. The van der Waals surface area contributed by atoms with Gasteiger partial charge in [0.15, 0.2) is 16.6 Å². The summed E-state index contributed by atoms with van der Waals surface area (Å²) in [6.45, 7) is 19.7. The predicted octanol–water partition coefficient (Wildman–Crippen LogP) is 9.81. The van der Waals surface area contributed by atoms with Crippen LogP contribution in [0.3, 0.4) is 0 Å². The van der Waals surface area contributed by atoms with E-state index in [2.05, 4.69) is 53.1 Å². The molecule has 0 heterocycles. The second-order valence-corrected chi connectivity index (χ2v) is 28.6. The fourth-order valence-corrected chi connectivity index (χ4v) is 24.7. The highest BCUT2D eigenvalue weighted by Gasteiger charge is 2.47. The minimum absolute atomic E-state index is 0.0139. The van der Waals surface area contributed by atoms with Gasteiger partial charge in [-0.3, -0.25) is 4.79 Å². The first-order chi connectivity index (χ1) is 16.7. The van der Waals surface area contributed by atoms with Crippen molar-refractivity contribution in [1.29, 1.82) is 0 Å². The molecule has 0 radical (unpaired) electrons. The Morgan fingerprint density at radius 2 is 0.917 bits per heavy atom. The van der Waals surface area contributed by atoms with E-state index in [-0.39, 0.29) is 6.04 Å². The standard InChI is InChI=1S/C27H62O5Si4/c1-10-12-14-16-18-20-22-24-33(3,4)30-35(7,8)32-36(9,26-27(28)29)31-34(5,6)25-23-21-19-17-15-13-11-2/h10-26H2,1-9H3,(H,28,29). The first-order valence-corrected chi connectivity index (χ1v) is 26.6. The van der Waals surface area contributed by atoms with Crippen LogP contribution in [0.15, 0.2) is 0 Å². The summed E-state index contributed by atoms with van der Waals surface area (Å²) in [5, 5.41) is 9.69. The third-order valence-corrected chi connectivity index (χ3v) is 22.6. The molecule has 0 bridgehead atoms. The summed E-state index contributed by atoms with van der Waals surface area (Å²) in [5.41, 5.74) is 0. The lowest BCUT2D eigenvalue weighted by Gasteiger charge is -2.42. The van der Waals surface area contributed by atoms with Gasteiger partial charge >= 0.3 is 23.1 Å². The van der Waals surface area contributed by atoms with E-state index in [0.717, 1.165) is 12.1 Å². The summed E-state index contributed by atoms with van der Waals surface area (Å²) < 4.78 is 20.1. The van der Waals surface area contributed by atoms with Gasteiger partial charge in [0, 0.05) is 0 Å². The molecule has 0 saturated heterocycles. The predicted molar refractivity (Wildman–Crippen MR) is 165 cm³/mol. The lowest BCUT2D eigenvalue weighted by atomic mass is 10.1. The summed E-state index contributed by atoms with van der Waals surface area (Å²) in [6.07, 6.45) is 18.1. The maximum Gasteiger partial charge on any atom is 0.327 e. The zero-order valence-corrected chi connectivity index (χ0v) is 29.6. The second kappa shape index (κ2) is 18.5. The van der Waals surface area contributed by atoms with Crippen LogP contribution >= 0.6 is 0 Å². The molecule has 0 rings (SSSR count). The number of carboxylic acids is 1. The van der Waals surface area contributed by atoms with E-state index in [0.29, 0.717) is 0 Å². The number of hydrogen-bond donors (Lipinski definition) is 1. The third-order valence-electron chi connectivity index (χ3n) is 6.71. The van der Waals surface area contributed by atoms with Crippen LogP contribution in [0.1, 0.15) is 104 Å². The monoisotopic (exact) mass is 578 g/mol. The molecule has 0 aliphatic heterocycles. The van der Waals surface area contributed by atoms with Crippen molar-refractivity contribution in [1.82, 2.24) is 0 Å². The van der Waals surface area contributed by atoms with Crippen molar-refractivity contribution in [3.63, 3.8) is 0 Å². The van der Waals surface area contributed by atoms with Gasteiger partial charge in [-0.1, -0.05) is 104 Å². The van der Waals surface area contributed by atoms with Crippen LogP contribution in [-0.4, -0.2) is 44.8 Å². The Kier molecular flexibility index (Phi) is 18.6. The van der Waals surface area contributed by atoms with E-state index in [1.54, 1.807) is 0 Å². The third kappa shape index (κ3) is 20.2. The summed E-state index contributed by atoms with van der Waals surface area (Å²) in [5.74, 6) is -0.825. The minimum Gasteiger partial charge on any atom is -0.481 e. The molecular formula is C27H62O5Si4. The van der Waals surface area contributed by atoms with Crippen LogP contribution in [0.4, 0.5) is 0 Å². The van der Waals surface area contributed by atoms with Crippen LogP contribution < -0.4 is 0 Å². The Morgan fingerprint density at radius 1 is 0.556 bits per heavy atom. The van der Waals surface area contributed by atoms with Crippen LogP contribution in [0.2, 0.25) is 64.0 Å². The molecule has 0 aliphatic carbocycles. The molecule has 0 aromatic carbocycles. The van der Waals surface area contributed by atoms with Crippen molar-refractivity contribution in [2.75, 3.05) is 0 Å².